The molecule has 0 saturated heterocycles. The number of allylic oxidation sites excluding steroid dienone is 10. The van der Waals surface area contributed by atoms with Crippen LogP contribution in [0.25, 0.3) is 89.5 Å². The molecule has 0 saturated carbocycles. The van der Waals surface area contributed by atoms with Crippen molar-refractivity contribution in [1.82, 2.24) is 19.5 Å². The summed E-state index contributed by atoms with van der Waals surface area (Å²) in [6.45, 7) is 2.31. The van der Waals surface area contributed by atoms with Gasteiger partial charge in [-0.15, -0.1) is 0 Å². The van der Waals surface area contributed by atoms with Crippen LogP contribution in [0, 0.1) is 5.92 Å². The van der Waals surface area contributed by atoms with Gasteiger partial charge in [-0.3, -0.25) is 0 Å². The van der Waals surface area contributed by atoms with Crippen molar-refractivity contribution in [2.75, 3.05) is 4.90 Å². The number of nitrogens with zero attached hydrogens (tertiary/aromatic N) is 5. The molecule has 0 fully saturated rings. The molecule has 4 atom stereocenters. The van der Waals surface area contributed by atoms with Crippen molar-refractivity contribution >= 4 is 38.8 Å². The van der Waals surface area contributed by atoms with E-state index in [-0.39, 0.29) is 12.0 Å². The van der Waals surface area contributed by atoms with Crippen LogP contribution < -0.4 is 4.90 Å². The lowest BCUT2D eigenvalue weighted by molar-refractivity contribution is 0.635. The lowest BCUT2D eigenvalue weighted by Crippen LogP contribution is -2.29. The third kappa shape index (κ3) is 7.91. The Kier molecular flexibility index (Phi) is 11.1. The molecule has 2 aromatic heterocycles. The van der Waals surface area contributed by atoms with Crippen molar-refractivity contribution in [3.63, 3.8) is 0 Å². The summed E-state index contributed by atoms with van der Waals surface area (Å²) in [4.78, 5) is 18.8. The van der Waals surface area contributed by atoms with E-state index in [9.17, 15) is 0 Å². The quantitative estimate of drug-likeness (QED) is 0.145. The summed E-state index contributed by atoms with van der Waals surface area (Å²) in [7, 11) is 0. The van der Waals surface area contributed by atoms with Gasteiger partial charge in [-0.25, -0.2) is 15.0 Å². The van der Waals surface area contributed by atoms with E-state index in [2.05, 4.69) is 265 Å². The molecule has 4 aliphatic rings. The van der Waals surface area contributed by atoms with Gasteiger partial charge in [0.2, 0.25) is 0 Å². The van der Waals surface area contributed by atoms with Gasteiger partial charge in [0, 0.05) is 56.1 Å². The Balaban J connectivity index is 0.973. The van der Waals surface area contributed by atoms with Crippen LogP contribution in [0.1, 0.15) is 48.3 Å². The molecule has 0 radical (unpaired) electrons. The van der Waals surface area contributed by atoms with Gasteiger partial charge < -0.3 is 9.47 Å². The molecule has 8 aromatic carbocycles. The monoisotopic (exact) mass is 963 g/mol. The maximum absolute atomic E-state index is 5.50. The van der Waals surface area contributed by atoms with Crippen molar-refractivity contribution in [2.24, 2.45) is 5.92 Å². The Morgan fingerprint density at radius 3 is 1.75 bits per heavy atom. The zero-order valence-electron chi connectivity index (χ0n) is 41.7. The van der Waals surface area contributed by atoms with Crippen molar-refractivity contribution in [1.29, 1.82) is 0 Å². The Bertz CT molecular complexity index is 4020. The molecular formula is C70H53N5. The number of benzene rings is 8. The van der Waals surface area contributed by atoms with Crippen LogP contribution in [0.4, 0.5) is 11.4 Å². The van der Waals surface area contributed by atoms with Gasteiger partial charge in [-0.1, -0.05) is 225 Å². The lowest BCUT2D eigenvalue weighted by atomic mass is 9.83. The fourth-order valence-corrected chi connectivity index (χ4v) is 12.1. The van der Waals surface area contributed by atoms with E-state index in [0.717, 1.165) is 68.6 Å². The number of hydrogen-bond donors (Lipinski definition) is 0. The highest BCUT2D eigenvalue weighted by Crippen LogP contribution is 2.51. The van der Waals surface area contributed by atoms with Crippen LogP contribution in [0.5, 0.6) is 0 Å². The maximum Gasteiger partial charge on any atom is 0.164 e. The normalized spacial score (nSPS) is 18.4. The Hall–Kier alpha value is -9.19. The zero-order chi connectivity index (χ0) is 49.8. The molecule has 0 amide bonds. The van der Waals surface area contributed by atoms with Crippen molar-refractivity contribution in [3.05, 3.63) is 272 Å². The highest BCUT2D eigenvalue weighted by atomic mass is 15.2. The average Bonchev–Trinajstić information content (AvgIpc) is 4.02. The summed E-state index contributed by atoms with van der Waals surface area (Å²) in [6, 6.07) is 68.5. The summed E-state index contributed by atoms with van der Waals surface area (Å²) in [5.41, 5.74) is 18.1. The van der Waals surface area contributed by atoms with E-state index in [1.54, 1.807) is 0 Å². The molecule has 358 valence electrons. The molecular weight excluding hydrogens is 911 g/mol. The molecule has 10 aromatic rings. The first-order valence-electron chi connectivity index (χ1n) is 26.4. The molecule has 3 aliphatic carbocycles. The van der Waals surface area contributed by atoms with Gasteiger partial charge in [0.15, 0.2) is 17.5 Å². The van der Waals surface area contributed by atoms with Crippen LogP contribution in [0.3, 0.4) is 0 Å². The van der Waals surface area contributed by atoms with E-state index >= 15 is 0 Å². The standard InChI is InChI=1S/C70H53N5/c1-46-20-8-9-29-55(46)50-26-19-28-52(43-50)57-41-39-54(45-67(57)75-64-36-16-12-32-60(64)61-33-13-17-37-65(61)75)70-72-68(48-23-6-3-7-24-48)71-69(73-70)53-38-40-56(51-27-18-25-49(42-51)47-21-4-2-5-22-47)66(44-53)74-62-34-14-10-30-58(62)59-31-11-15-35-63(59)74/h3-4,6-46,55,60,64H,2,5H2,1H3. The largest absolute Gasteiger partial charge is 0.333 e. The number of hydrogen-bond acceptors (Lipinski definition) is 4. The minimum Gasteiger partial charge on any atom is -0.333 e. The van der Waals surface area contributed by atoms with Gasteiger partial charge in [0.1, 0.15) is 0 Å². The van der Waals surface area contributed by atoms with Crippen LogP contribution in [-0.4, -0.2) is 25.6 Å². The molecule has 4 unspecified atom stereocenters. The second-order valence-electron chi connectivity index (χ2n) is 20.2. The molecule has 14 rings (SSSR count). The molecule has 5 nitrogen and oxygen atoms in total. The minimum absolute atomic E-state index is 0.0964. The Morgan fingerprint density at radius 1 is 0.427 bits per heavy atom. The first-order valence-corrected chi connectivity index (χ1v) is 26.4. The fourth-order valence-electron chi connectivity index (χ4n) is 12.1. The number of fused-ring (bicyclic) bond motifs is 6. The molecule has 5 heteroatoms. The topological polar surface area (TPSA) is 46.8 Å². The Morgan fingerprint density at radius 2 is 1.01 bits per heavy atom. The third-order valence-electron chi connectivity index (χ3n) is 15.7. The fraction of sp³-hybridized carbons (Fsp3) is 0.100. The van der Waals surface area contributed by atoms with Crippen LogP contribution in [0.2, 0.25) is 0 Å². The van der Waals surface area contributed by atoms with E-state index < -0.39 is 0 Å². The smallest absolute Gasteiger partial charge is 0.164 e. The predicted octanol–water partition coefficient (Wildman–Crippen LogP) is 17.6. The molecule has 75 heavy (non-hydrogen) atoms. The SMILES string of the molecule is CC1C=CC=CC1c1cccc(-c2ccc(-c3nc(-c4ccccc4)nc(-c4ccc(-c5cccc(C6=CCCC=C6)c5)c(-n5c6ccccc6c6ccccc65)c4)n3)cc2N2c3ccccc3C3C=CC=CC32)c1. The lowest BCUT2D eigenvalue weighted by Gasteiger charge is -2.31. The molecule has 0 N–H and O–H groups in total. The molecule has 1 aliphatic heterocycles. The van der Waals surface area contributed by atoms with Gasteiger partial charge >= 0.3 is 0 Å². The average molecular weight is 964 g/mol. The van der Waals surface area contributed by atoms with Gasteiger partial charge in [-0.2, -0.15) is 0 Å². The number of rotatable bonds is 9. The number of anilines is 2. The van der Waals surface area contributed by atoms with Crippen molar-refractivity contribution in [2.45, 2.75) is 37.6 Å². The van der Waals surface area contributed by atoms with Crippen LogP contribution in [0.15, 0.2) is 255 Å². The van der Waals surface area contributed by atoms with E-state index in [4.69, 9.17) is 15.0 Å². The highest BCUT2D eigenvalue weighted by Gasteiger charge is 2.38. The second-order valence-corrected chi connectivity index (χ2v) is 20.2. The molecule has 3 heterocycles. The van der Waals surface area contributed by atoms with Crippen molar-refractivity contribution in [3.8, 4) is 62.1 Å². The highest BCUT2D eigenvalue weighted by molar-refractivity contribution is 6.10. The summed E-state index contributed by atoms with van der Waals surface area (Å²) >= 11 is 0. The van der Waals surface area contributed by atoms with Crippen LogP contribution in [-0.2, 0) is 0 Å². The third-order valence-corrected chi connectivity index (χ3v) is 15.7. The van der Waals surface area contributed by atoms with Crippen molar-refractivity contribution < 1.29 is 0 Å². The molecule has 0 spiro atoms. The Labute approximate surface area is 438 Å². The molecule has 0 bridgehead atoms. The number of aromatic nitrogens is 4. The predicted molar refractivity (Wildman–Crippen MR) is 311 cm³/mol. The summed E-state index contributed by atoms with van der Waals surface area (Å²) < 4.78 is 2.42. The van der Waals surface area contributed by atoms with Gasteiger partial charge in [0.05, 0.1) is 28.5 Å². The van der Waals surface area contributed by atoms with E-state index in [1.165, 1.54) is 44.3 Å². The summed E-state index contributed by atoms with van der Waals surface area (Å²) in [5.74, 6) is 2.75. The first kappa shape index (κ1) is 44.5. The summed E-state index contributed by atoms with van der Waals surface area (Å²) in [5, 5.41) is 2.42. The van der Waals surface area contributed by atoms with E-state index in [1.807, 2.05) is 6.07 Å². The van der Waals surface area contributed by atoms with Crippen LogP contribution >= 0.6 is 0 Å². The first-order chi connectivity index (χ1) is 37.1. The summed E-state index contributed by atoms with van der Waals surface area (Å²) in [6.07, 6.45) is 27.1. The van der Waals surface area contributed by atoms with E-state index in [0.29, 0.717) is 29.3 Å². The zero-order valence-corrected chi connectivity index (χ0v) is 41.7. The number of para-hydroxylation sites is 3. The maximum atomic E-state index is 5.50. The second kappa shape index (κ2) is 18.7. The van der Waals surface area contributed by atoms with Gasteiger partial charge in [-0.05, 0) is 88.5 Å². The van der Waals surface area contributed by atoms with Gasteiger partial charge in [0.25, 0.3) is 0 Å². The minimum atomic E-state index is 0.0964.